The normalized spacial score (nSPS) is 18.3. The van der Waals surface area contributed by atoms with Crippen molar-refractivity contribution in [1.29, 1.82) is 0 Å². The first-order valence-electron chi connectivity index (χ1n) is 19.5. The summed E-state index contributed by atoms with van der Waals surface area (Å²) < 4.78 is 36.1. The molecular weight excluding hydrogens is 773 g/mol. The molecule has 57 heavy (non-hydrogen) atoms. The summed E-state index contributed by atoms with van der Waals surface area (Å²) in [4.78, 5) is 45.9. The lowest BCUT2D eigenvalue weighted by atomic mass is 9.75. The number of rotatable bonds is 18. The van der Waals surface area contributed by atoms with Crippen LogP contribution >= 0.6 is 23.2 Å². The van der Waals surface area contributed by atoms with Gasteiger partial charge in [0.1, 0.15) is 30.2 Å². The molecule has 2 aromatic carbocycles. The van der Waals surface area contributed by atoms with Crippen LogP contribution in [0.5, 0.6) is 11.5 Å². The van der Waals surface area contributed by atoms with Crippen molar-refractivity contribution in [2.75, 3.05) is 60.8 Å². The lowest BCUT2D eigenvalue weighted by Gasteiger charge is -2.47. The molecule has 12 nitrogen and oxygen atoms in total. The van der Waals surface area contributed by atoms with Gasteiger partial charge in [-0.15, -0.1) is 0 Å². The lowest BCUT2D eigenvalue weighted by molar-refractivity contribution is -0.160. The lowest BCUT2D eigenvalue weighted by Crippen LogP contribution is -2.59. The molecule has 5 rings (SSSR count). The zero-order valence-electron chi connectivity index (χ0n) is 34.2. The third-order valence-corrected chi connectivity index (χ3v) is 10.8. The molecule has 0 unspecified atom stereocenters. The van der Waals surface area contributed by atoms with Gasteiger partial charge in [0.15, 0.2) is 5.75 Å². The number of carbonyl (C=O) groups excluding carboxylic acids is 2. The van der Waals surface area contributed by atoms with Crippen LogP contribution < -0.4 is 15.0 Å². The van der Waals surface area contributed by atoms with Gasteiger partial charge in [-0.2, -0.15) is 0 Å². The summed E-state index contributed by atoms with van der Waals surface area (Å²) in [5.41, 5.74) is 1.24. The van der Waals surface area contributed by atoms with Gasteiger partial charge in [0, 0.05) is 65.9 Å². The first-order chi connectivity index (χ1) is 27.2. The number of aryl methyl sites for hydroxylation is 2. The highest BCUT2D eigenvalue weighted by Gasteiger charge is 2.52. The molecule has 1 saturated heterocycles. The highest BCUT2D eigenvalue weighted by Crippen LogP contribution is 2.43. The maximum Gasteiger partial charge on any atom is 0.410 e. The predicted molar refractivity (Wildman–Crippen MR) is 220 cm³/mol. The average molecular weight is 831 g/mol. The monoisotopic (exact) mass is 829 g/mol. The molecular formula is C43H57Cl2N3O9. The summed E-state index contributed by atoms with van der Waals surface area (Å²) in [5, 5.41) is 0.785. The van der Waals surface area contributed by atoms with Crippen molar-refractivity contribution in [2.45, 2.75) is 90.1 Å². The summed E-state index contributed by atoms with van der Waals surface area (Å²) in [6.07, 6.45) is 4.77. The highest BCUT2D eigenvalue weighted by molar-refractivity contribution is 6.37. The second kappa shape index (κ2) is 19.8. The fourth-order valence-corrected chi connectivity index (χ4v) is 8.02. The first-order valence-corrected chi connectivity index (χ1v) is 20.3. The van der Waals surface area contributed by atoms with E-state index < -0.39 is 23.2 Å². The van der Waals surface area contributed by atoms with Crippen LogP contribution in [0.15, 0.2) is 53.5 Å². The van der Waals surface area contributed by atoms with Gasteiger partial charge in [0.25, 0.3) is 5.56 Å². The molecule has 1 saturated carbocycles. The van der Waals surface area contributed by atoms with Crippen molar-refractivity contribution in [3.63, 3.8) is 0 Å². The van der Waals surface area contributed by atoms with Crippen molar-refractivity contribution in [3.8, 4) is 11.5 Å². The Kier molecular flexibility index (Phi) is 15.4. The number of ether oxygens (including phenoxy) is 6. The van der Waals surface area contributed by atoms with Crippen molar-refractivity contribution >= 4 is 35.2 Å². The summed E-state index contributed by atoms with van der Waals surface area (Å²) in [5.74, 6) is 0.0499. The second-order valence-electron chi connectivity index (χ2n) is 15.8. The van der Waals surface area contributed by atoms with Crippen LogP contribution in [0.3, 0.4) is 0 Å². The molecule has 2 heterocycles. The number of benzene rings is 2. The van der Waals surface area contributed by atoms with E-state index in [1.807, 2.05) is 50.8 Å². The summed E-state index contributed by atoms with van der Waals surface area (Å²) >= 11 is 12.7. The number of carbonyl (C=O) groups is 2. The van der Waals surface area contributed by atoms with Gasteiger partial charge in [-0.25, -0.2) is 4.79 Å². The Morgan fingerprint density at radius 2 is 1.61 bits per heavy atom. The molecule has 0 radical (unpaired) electrons. The van der Waals surface area contributed by atoms with Crippen LogP contribution in [0.25, 0.3) is 0 Å². The maximum absolute atomic E-state index is 15.2. The van der Waals surface area contributed by atoms with E-state index >= 15 is 4.79 Å². The van der Waals surface area contributed by atoms with Crippen molar-refractivity contribution < 1.29 is 38.0 Å². The highest BCUT2D eigenvalue weighted by atomic mass is 35.5. The smallest absolute Gasteiger partial charge is 0.410 e. The number of aromatic nitrogens is 1. The largest absolute Gasteiger partial charge is 0.491 e. The topological polar surface area (TPSA) is 118 Å². The molecule has 14 heteroatoms. The fraction of sp³-hybridized carbons (Fsp3) is 0.558. The fourth-order valence-electron chi connectivity index (χ4n) is 7.32. The van der Waals surface area contributed by atoms with Crippen molar-refractivity contribution in [1.82, 2.24) is 14.4 Å². The number of halogens is 2. The molecule has 2 amide bonds. The minimum atomic E-state index is -1.21. The molecule has 0 spiro atoms. The molecule has 3 aromatic rings. The van der Waals surface area contributed by atoms with E-state index in [9.17, 15) is 9.59 Å². The van der Waals surface area contributed by atoms with Crippen LogP contribution in [0.2, 0.25) is 10.0 Å². The average Bonchev–Trinajstić information content (AvgIpc) is 4.00. The van der Waals surface area contributed by atoms with Gasteiger partial charge in [0.05, 0.1) is 29.1 Å². The van der Waals surface area contributed by atoms with Gasteiger partial charge >= 0.3 is 6.09 Å². The van der Waals surface area contributed by atoms with E-state index in [2.05, 4.69) is 6.07 Å². The van der Waals surface area contributed by atoms with Gasteiger partial charge in [0.2, 0.25) is 5.91 Å². The molecule has 0 bridgehead atoms. The third-order valence-electron chi connectivity index (χ3n) is 10.3. The van der Waals surface area contributed by atoms with Gasteiger partial charge in [-0.1, -0.05) is 29.3 Å². The predicted octanol–water partition coefficient (Wildman–Crippen LogP) is 7.44. The summed E-state index contributed by atoms with van der Waals surface area (Å²) in [6.45, 7) is 9.80. The number of amides is 2. The Morgan fingerprint density at radius 3 is 2.25 bits per heavy atom. The molecule has 2 atom stereocenters. The zero-order chi connectivity index (χ0) is 41.3. The maximum atomic E-state index is 15.2. The van der Waals surface area contributed by atoms with Crippen molar-refractivity contribution in [3.05, 3.63) is 91.3 Å². The van der Waals surface area contributed by atoms with E-state index in [1.54, 1.807) is 44.6 Å². The summed E-state index contributed by atoms with van der Waals surface area (Å²) in [7, 11) is 4.88. The number of hydrogen-bond acceptors (Lipinski definition) is 9. The summed E-state index contributed by atoms with van der Waals surface area (Å²) in [6, 6.07) is 13.0. The van der Waals surface area contributed by atoms with Crippen LogP contribution in [0.4, 0.5) is 4.79 Å². The Bertz CT molecular complexity index is 1860. The third kappa shape index (κ3) is 11.7. The minimum Gasteiger partial charge on any atom is -0.491 e. The number of piperidine rings is 1. The van der Waals surface area contributed by atoms with Crippen LogP contribution in [0.1, 0.15) is 68.7 Å². The standard InChI is InChI=1S/C43H57Cl2N3O9/c1-29-21-36(44)39(37(45)22-29)56-18-16-46-14-12-32(26-38(46)49)43(54-7)13-15-47(41(51)57-42(2,3)4)28-35(43)40(50)48(33-10-11-33)27-31-23-30(9-8-17-52-5)24-34(25-31)55-20-19-53-6/h12,14,21-26,33,35H,8-11,13,15-20,27-28H2,1-7H3/t35-,43-/m1/s1. The zero-order valence-corrected chi connectivity index (χ0v) is 35.7. The van der Waals surface area contributed by atoms with E-state index in [4.69, 9.17) is 51.6 Å². The molecule has 0 N–H and O–H groups in total. The minimum absolute atomic E-state index is 0.0162. The van der Waals surface area contributed by atoms with E-state index in [1.165, 1.54) is 10.6 Å². The molecule has 1 aliphatic carbocycles. The number of pyridine rings is 1. The molecule has 1 aromatic heterocycles. The molecule has 312 valence electrons. The quantitative estimate of drug-likeness (QED) is 0.121. The Hall–Kier alpha value is -3.81. The van der Waals surface area contributed by atoms with Crippen LogP contribution in [0, 0.1) is 12.8 Å². The SMILES string of the molecule is COCCCc1cc(CN(C(=O)[C@H]2CN(C(=O)OC(C)(C)C)CC[C@@]2(OC)c2ccn(CCOc3c(Cl)cc(C)cc3Cl)c(=O)c2)C2CC2)cc(OCCOC)c1. The number of likely N-dealkylation sites (tertiary alicyclic amines) is 1. The first kappa shape index (κ1) is 44.3. The second-order valence-corrected chi connectivity index (χ2v) is 16.6. The van der Waals surface area contributed by atoms with Gasteiger partial charge in [-0.05, 0) is 112 Å². The molecule has 2 aliphatic rings. The number of nitrogens with zero attached hydrogens (tertiary/aromatic N) is 3. The van der Waals surface area contributed by atoms with Crippen molar-refractivity contribution in [2.24, 2.45) is 5.92 Å². The van der Waals surface area contributed by atoms with E-state index in [-0.39, 0.29) is 50.2 Å². The Balaban J connectivity index is 1.45. The Morgan fingerprint density at radius 1 is 0.912 bits per heavy atom. The van der Waals surface area contributed by atoms with E-state index in [0.29, 0.717) is 53.5 Å². The van der Waals surface area contributed by atoms with Gasteiger partial charge < -0.3 is 42.8 Å². The molecule has 1 aliphatic heterocycles. The van der Waals surface area contributed by atoms with Crippen LogP contribution in [-0.4, -0.2) is 98.9 Å². The van der Waals surface area contributed by atoms with E-state index in [0.717, 1.165) is 42.4 Å². The number of hydrogen-bond donors (Lipinski definition) is 0. The Labute approximate surface area is 346 Å². The van der Waals surface area contributed by atoms with Crippen LogP contribution in [-0.2, 0) is 48.9 Å². The number of methoxy groups -OCH3 is 3. The molecule has 2 fully saturated rings. The van der Waals surface area contributed by atoms with Gasteiger partial charge in [-0.3, -0.25) is 9.59 Å².